The molecule has 0 aliphatic rings. The maximum absolute atomic E-state index is 12.3. The molecule has 1 amide bonds. The fourth-order valence-corrected chi connectivity index (χ4v) is 2.16. The molecule has 5 heteroatoms. The zero-order valence-corrected chi connectivity index (χ0v) is 12.5. The van der Waals surface area contributed by atoms with Gasteiger partial charge in [-0.15, -0.1) is 0 Å². The molecule has 0 heterocycles. The van der Waals surface area contributed by atoms with Crippen LogP contribution in [0, 0.1) is 0 Å². The summed E-state index contributed by atoms with van der Waals surface area (Å²) < 4.78 is 6.04. The lowest BCUT2D eigenvalue weighted by Gasteiger charge is -2.12. The number of para-hydroxylation sites is 1. The van der Waals surface area contributed by atoms with Gasteiger partial charge in [0.1, 0.15) is 5.75 Å². The minimum Gasteiger partial charge on any atom is -0.496 e. The van der Waals surface area contributed by atoms with E-state index in [-0.39, 0.29) is 12.5 Å². The van der Waals surface area contributed by atoms with Crippen molar-refractivity contribution in [2.45, 2.75) is 6.61 Å². The molecule has 2 aromatic carbocycles. The molecule has 0 aromatic heterocycles. The molecular weight excluding hydrogens is 322 g/mol. The van der Waals surface area contributed by atoms with E-state index in [1.165, 1.54) is 7.11 Å². The number of aliphatic hydroxyl groups excluding tert-OH is 1. The largest absolute Gasteiger partial charge is 0.496 e. The highest BCUT2D eigenvalue weighted by molar-refractivity contribution is 9.10. The normalized spacial score (nSPS) is 10.2. The van der Waals surface area contributed by atoms with Crippen LogP contribution in [-0.2, 0) is 6.61 Å². The van der Waals surface area contributed by atoms with Gasteiger partial charge in [-0.2, -0.15) is 0 Å². The summed E-state index contributed by atoms with van der Waals surface area (Å²) in [5.74, 6) is 0.202. The number of nitrogens with one attached hydrogen (secondary N) is 1. The molecule has 0 atom stereocenters. The molecule has 4 nitrogen and oxygen atoms in total. The minimum absolute atomic E-state index is 0.131. The minimum atomic E-state index is -0.282. The average Bonchev–Trinajstić information content (AvgIpc) is 2.47. The van der Waals surface area contributed by atoms with Gasteiger partial charge in [0.15, 0.2) is 0 Å². The topological polar surface area (TPSA) is 58.6 Å². The first-order chi connectivity index (χ1) is 9.65. The van der Waals surface area contributed by atoms with Crippen molar-refractivity contribution in [1.29, 1.82) is 0 Å². The van der Waals surface area contributed by atoms with Crippen LogP contribution in [0.2, 0.25) is 0 Å². The number of hydrogen-bond donors (Lipinski definition) is 2. The van der Waals surface area contributed by atoms with Gasteiger partial charge in [0.05, 0.1) is 19.3 Å². The first-order valence-electron chi connectivity index (χ1n) is 5.99. The van der Waals surface area contributed by atoms with Crippen LogP contribution in [-0.4, -0.2) is 18.1 Å². The maximum Gasteiger partial charge on any atom is 0.259 e. The number of hydrogen-bond acceptors (Lipinski definition) is 3. The smallest absolute Gasteiger partial charge is 0.259 e. The van der Waals surface area contributed by atoms with E-state index >= 15 is 0 Å². The van der Waals surface area contributed by atoms with Crippen LogP contribution >= 0.6 is 15.9 Å². The molecule has 0 aliphatic heterocycles. The predicted molar refractivity (Wildman–Crippen MR) is 81.0 cm³/mol. The van der Waals surface area contributed by atoms with Crippen LogP contribution in [0.25, 0.3) is 0 Å². The first-order valence-corrected chi connectivity index (χ1v) is 6.78. The molecule has 0 aliphatic carbocycles. The van der Waals surface area contributed by atoms with E-state index in [1.807, 2.05) is 0 Å². The molecule has 0 saturated heterocycles. The van der Waals surface area contributed by atoms with Crippen molar-refractivity contribution < 1.29 is 14.6 Å². The number of benzene rings is 2. The Balaban J connectivity index is 2.28. The molecule has 2 aromatic rings. The molecule has 0 bridgehead atoms. The number of carbonyl (C=O) groups is 1. The summed E-state index contributed by atoms with van der Waals surface area (Å²) in [6.45, 7) is -0.131. The van der Waals surface area contributed by atoms with Crippen molar-refractivity contribution in [2.75, 3.05) is 12.4 Å². The van der Waals surface area contributed by atoms with Crippen molar-refractivity contribution in [3.8, 4) is 5.75 Å². The zero-order valence-electron chi connectivity index (χ0n) is 10.9. The Morgan fingerprint density at radius 3 is 2.75 bits per heavy atom. The van der Waals surface area contributed by atoms with Crippen LogP contribution in [0.4, 0.5) is 5.69 Å². The number of ether oxygens (including phenoxy) is 1. The van der Waals surface area contributed by atoms with E-state index in [2.05, 4.69) is 21.2 Å². The fraction of sp³-hybridized carbons (Fsp3) is 0.133. The van der Waals surface area contributed by atoms with Crippen LogP contribution in [0.5, 0.6) is 5.75 Å². The standard InChI is InChI=1S/C15H14BrNO3/c1-20-14-8-11(16)6-7-12(14)15(19)17-13-5-3-2-4-10(13)9-18/h2-8,18H,9H2,1H3,(H,17,19). The van der Waals surface area contributed by atoms with Crippen molar-refractivity contribution in [3.05, 3.63) is 58.1 Å². The average molecular weight is 336 g/mol. The quantitative estimate of drug-likeness (QED) is 0.901. The summed E-state index contributed by atoms with van der Waals surface area (Å²) >= 11 is 3.33. The van der Waals surface area contributed by atoms with E-state index in [0.29, 0.717) is 22.6 Å². The van der Waals surface area contributed by atoms with Crippen LogP contribution in [0.15, 0.2) is 46.9 Å². The second kappa shape index (κ2) is 6.54. The van der Waals surface area contributed by atoms with Gasteiger partial charge in [-0.1, -0.05) is 34.1 Å². The lowest BCUT2D eigenvalue weighted by molar-refractivity contribution is 0.102. The number of amides is 1. The van der Waals surface area contributed by atoms with Crippen molar-refractivity contribution in [3.63, 3.8) is 0 Å². The van der Waals surface area contributed by atoms with Gasteiger partial charge < -0.3 is 15.2 Å². The number of halogens is 1. The van der Waals surface area contributed by atoms with E-state index < -0.39 is 0 Å². The third-order valence-corrected chi connectivity index (χ3v) is 3.34. The summed E-state index contributed by atoms with van der Waals surface area (Å²) in [6.07, 6.45) is 0. The van der Waals surface area contributed by atoms with Gasteiger partial charge in [-0.25, -0.2) is 0 Å². The van der Waals surface area contributed by atoms with Gasteiger partial charge in [0, 0.05) is 15.7 Å². The zero-order chi connectivity index (χ0) is 14.5. The van der Waals surface area contributed by atoms with Crippen molar-refractivity contribution in [2.24, 2.45) is 0 Å². The first kappa shape index (κ1) is 14.6. The van der Waals surface area contributed by atoms with E-state index in [0.717, 1.165) is 4.47 Å². The molecule has 104 valence electrons. The highest BCUT2D eigenvalue weighted by Crippen LogP contribution is 2.25. The van der Waals surface area contributed by atoms with Gasteiger partial charge >= 0.3 is 0 Å². The van der Waals surface area contributed by atoms with E-state index in [1.54, 1.807) is 42.5 Å². The van der Waals surface area contributed by atoms with Gasteiger partial charge in [-0.3, -0.25) is 4.79 Å². The number of methoxy groups -OCH3 is 1. The number of anilines is 1. The van der Waals surface area contributed by atoms with Crippen LogP contribution in [0.3, 0.4) is 0 Å². The summed E-state index contributed by atoms with van der Waals surface area (Å²) in [5.41, 5.74) is 1.69. The third kappa shape index (κ3) is 3.18. The summed E-state index contributed by atoms with van der Waals surface area (Å²) in [4.78, 5) is 12.3. The molecular formula is C15H14BrNO3. The summed E-state index contributed by atoms with van der Waals surface area (Å²) in [5, 5.41) is 12.0. The Kier molecular flexibility index (Phi) is 4.76. The molecule has 0 fully saturated rings. The second-order valence-electron chi connectivity index (χ2n) is 4.11. The molecule has 2 rings (SSSR count). The highest BCUT2D eigenvalue weighted by atomic mass is 79.9. The Hall–Kier alpha value is -1.85. The predicted octanol–water partition coefficient (Wildman–Crippen LogP) is 3.20. The monoisotopic (exact) mass is 335 g/mol. The lowest BCUT2D eigenvalue weighted by atomic mass is 10.1. The second-order valence-corrected chi connectivity index (χ2v) is 5.03. The molecule has 20 heavy (non-hydrogen) atoms. The molecule has 2 N–H and O–H groups in total. The fourth-order valence-electron chi connectivity index (χ4n) is 1.82. The molecule has 0 spiro atoms. The molecule has 0 saturated carbocycles. The van der Waals surface area contributed by atoms with Crippen LogP contribution in [0.1, 0.15) is 15.9 Å². The Bertz CT molecular complexity index is 628. The number of rotatable bonds is 4. The van der Waals surface area contributed by atoms with Crippen LogP contribution < -0.4 is 10.1 Å². The van der Waals surface area contributed by atoms with Gasteiger partial charge in [-0.05, 0) is 24.3 Å². The maximum atomic E-state index is 12.3. The number of aliphatic hydroxyl groups is 1. The summed E-state index contributed by atoms with van der Waals surface area (Å²) in [6, 6.07) is 12.3. The van der Waals surface area contributed by atoms with Crippen molar-refractivity contribution in [1.82, 2.24) is 0 Å². The Morgan fingerprint density at radius 1 is 1.30 bits per heavy atom. The Morgan fingerprint density at radius 2 is 2.05 bits per heavy atom. The van der Waals surface area contributed by atoms with Gasteiger partial charge in [0.2, 0.25) is 0 Å². The molecule has 0 radical (unpaired) electrons. The third-order valence-electron chi connectivity index (χ3n) is 2.84. The van der Waals surface area contributed by atoms with Crippen molar-refractivity contribution >= 4 is 27.5 Å². The highest BCUT2D eigenvalue weighted by Gasteiger charge is 2.14. The number of carbonyl (C=O) groups excluding carboxylic acids is 1. The molecule has 0 unspecified atom stereocenters. The lowest BCUT2D eigenvalue weighted by Crippen LogP contribution is -2.14. The van der Waals surface area contributed by atoms with E-state index in [9.17, 15) is 9.90 Å². The van der Waals surface area contributed by atoms with E-state index in [4.69, 9.17) is 4.74 Å². The SMILES string of the molecule is COc1cc(Br)ccc1C(=O)Nc1ccccc1CO. The Labute approximate surface area is 125 Å². The van der Waals surface area contributed by atoms with Gasteiger partial charge in [0.25, 0.3) is 5.91 Å². The summed E-state index contributed by atoms with van der Waals surface area (Å²) in [7, 11) is 1.51.